The Hall–Kier alpha value is -0.0900. The van der Waals surface area contributed by atoms with Crippen molar-refractivity contribution >= 4 is 5.97 Å². The Bertz CT molecular complexity index is 174. The molecule has 0 radical (unpaired) electrons. The predicted molar refractivity (Wildman–Crippen MR) is 39.5 cm³/mol. The molecule has 12 heavy (non-hydrogen) atoms. The van der Waals surface area contributed by atoms with Crippen molar-refractivity contribution in [2.45, 2.75) is 19.3 Å². The SMILES string of the molecule is O=C(O)C12CC[NH+](CC1)CC2.[Br-]. The molecule has 0 aromatic carbocycles. The molecular weight excluding hydrogens is 222 g/mol. The number of halogens is 1. The van der Waals surface area contributed by atoms with Crippen LogP contribution in [0.5, 0.6) is 0 Å². The number of quaternary nitrogens is 1. The van der Waals surface area contributed by atoms with Gasteiger partial charge in [-0.2, -0.15) is 0 Å². The normalized spacial score (nSPS) is 38.8. The topological polar surface area (TPSA) is 41.7 Å². The molecule has 3 rings (SSSR count). The number of rotatable bonds is 1. The van der Waals surface area contributed by atoms with Crippen LogP contribution in [0.25, 0.3) is 0 Å². The van der Waals surface area contributed by atoms with E-state index in [9.17, 15) is 4.79 Å². The van der Waals surface area contributed by atoms with E-state index in [0.717, 1.165) is 38.9 Å². The molecule has 2 bridgehead atoms. The van der Waals surface area contributed by atoms with Crippen molar-refractivity contribution in [2.24, 2.45) is 5.41 Å². The number of hydrogen-bond donors (Lipinski definition) is 2. The van der Waals surface area contributed by atoms with Crippen molar-refractivity contribution in [1.29, 1.82) is 0 Å². The number of fused-ring (bicyclic) bond motifs is 3. The molecule has 0 unspecified atom stereocenters. The maximum Gasteiger partial charge on any atom is 0.310 e. The summed E-state index contributed by atoms with van der Waals surface area (Å²) in [6, 6.07) is 0. The van der Waals surface area contributed by atoms with Crippen LogP contribution in [0, 0.1) is 5.41 Å². The first-order valence-corrected chi connectivity index (χ1v) is 4.30. The monoisotopic (exact) mass is 235 g/mol. The van der Waals surface area contributed by atoms with Gasteiger partial charge in [0.25, 0.3) is 0 Å². The van der Waals surface area contributed by atoms with Gasteiger partial charge in [0.1, 0.15) is 0 Å². The fraction of sp³-hybridized carbons (Fsp3) is 0.875. The molecule has 2 N–H and O–H groups in total. The molecular formula is C8H14BrNO2. The molecule has 3 saturated heterocycles. The van der Waals surface area contributed by atoms with Crippen LogP contribution >= 0.6 is 0 Å². The van der Waals surface area contributed by atoms with Crippen molar-refractivity contribution in [3.63, 3.8) is 0 Å². The van der Waals surface area contributed by atoms with E-state index >= 15 is 0 Å². The van der Waals surface area contributed by atoms with Crippen LogP contribution in [0.15, 0.2) is 0 Å². The lowest BCUT2D eigenvalue weighted by atomic mass is 9.72. The first-order valence-electron chi connectivity index (χ1n) is 4.30. The van der Waals surface area contributed by atoms with E-state index in [0.29, 0.717) is 0 Å². The van der Waals surface area contributed by atoms with Gasteiger partial charge in [-0.25, -0.2) is 0 Å². The average molecular weight is 236 g/mol. The van der Waals surface area contributed by atoms with Crippen molar-refractivity contribution in [3.05, 3.63) is 0 Å². The highest BCUT2D eigenvalue weighted by Crippen LogP contribution is 2.33. The van der Waals surface area contributed by atoms with Crippen molar-refractivity contribution < 1.29 is 31.8 Å². The Morgan fingerprint density at radius 1 is 1.17 bits per heavy atom. The van der Waals surface area contributed by atoms with Gasteiger partial charge in [0.2, 0.25) is 0 Å². The summed E-state index contributed by atoms with van der Waals surface area (Å²) in [5, 5.41) is 9.00. The minimum absolute atomic E-state index is 0. The second-order valence-corrected chi connectivity index (χ2v) is 3.84. The average Bonchev–Trinajstić information content (AvgIpc) is 2.08. The maximum atomic E-state index is 10.9. The molecule has 3 fully saturated rings. The third-order valence-electron chi connectivity index (χ3n) is 3.32. The lowest BCUT2D eigenvalue weighted by Gasteiger charge is -2.42. The minimum Gasteiger partial charge on any atom is -1.00 e. The summed E-state index contributed by atoms with van der Waals surface area (Å²) in [5.74, 6) is -0.559. The standard InChI is InChI=1S/C8H13NO2.BrH/c10-7(11)8-1-4-9(5-2-8)6-3-8;/h1-6H2,(H,10,11);1H. The van der Waals surface area contributed by atoms with Gasteiger partial charge in [-0.1, -0.05) is 0 Å². The van der Waals surface area contributed by atoms with Crippen LogP contribution in [0.4, 0.5) is 0 Å². The lowest BCUT2D eigenvalue weighted by Crippen LogP contribution is -3.15. The number of carboxylic acids is 1. The fourth-order valence-corrected chi connectivity index (χ4v) is 2.32. The minimum atomic E-state index is -0.559. The lowest BCUT2D eigenvalue weighted by molar-refractivity contribution is -0.918. The van der Waals surface area contributed by atoms with Gasteiger partial charge in [0.15, 0.2) is 0 Å². The summed E-state index contributed by atoms with van der Waals surface area (Å²) in [6.07, 6.45) is 2.70. The molecule has 70 valence electrons. The smallest absolute Gasteiger partial charge is 0.310 e. The zero-order chi connectivity index (χ0) is 7.90. The van der Waals surface area contributed by atoms with Gasteiger partial charge in [-0.05, 0) is 0 Å². The second-order valence-electron chi connectivity index (χ2n) is 3.84. The van der Waals surface area contributed by atoms with Crippen LogP contribution < -0.4 is 21.9 Å². The Kier molecular flexibility index (Phi) is 2.78. The van der Waals surface area contributed by atoms with E-state index in [1.54, 1.807) is 4.90 Å². The molecule has 3 aliphatic heterocycles. The highest BCUT2D eigenvalue weighted by Gasteiger charge is 2.47. The van der Waals surface area contributed by atoms with Crippen LogP contribution in [0.1, 0.15) is 19.3 Å². The molecule has 4 heteroatoms. The fourth-order valence-electron chi connectivity index (χ4n) is 2.32. The number of hydrogen-bond acceptors (Lipinski definition) is 1. The van der Waals surface area contributed by atoms with Crippen molar-refractivity contribution in [2.75, 3.05) is 19.6 Å². The Morgan fingerprint density at radius 3 is 1.83 bits per heavy atom. The van der Waals surface area contributed by atoms with Gasteiger partial charge < -0.3 is 27.0 Å². The van der Waals surface area contributed by atoms with Crippen LogP contribution in [-0.2, 0) is 4.79 Å². The number of piperidine rings is 3. The van der Waals surface area contributed by atoms with Gasteiger partial charge in [-0.15, -0.1) is 0 Å². The van der Waals surface area contributed by atoms with Gasteiger partial charge in [0.05, 0.1) is 25.0 Å². The summed E-state index contributed by atoms with van der Waals surface area (Å²) >= 11 is 0. The van der Waals surface area contributed by atoms with Crippen LogP contribution in [0.3, 0.4) is 0 Å². The molecule has 0 spiro atoms. The molecule has 3 heterocycles. The van der Waals surface area contributed by atoms with Crippen molar-refractivity contribution in [3.8, 4) is 0 Å². The number of aliphatic carboxylic acids is 1. The maximum absolute atomic E-state index is 10.9. The molecule has 0 saturated carbocycles. The van der Waals surface area contributed by atoms with Gasteiger partial charge >= 0.3 is 5.97 Å². The van der Waals surface area contributed by atoms with Gasteiger partial charge in [-0.3, -0.25) is 4.79 Å². The van der Waals surface area contributed by atoms with E-state index < -0.39 is 5.97 Å². The van der Waals surface area contributed by atoms with Gasteiger partial charge in [0, 0.05) is 19.3 Å². The Balaban J connectivity index is 0.000000720. The third kappa shape index (κ3) is 1.38. The van der Waals surface area contributed by atoms with Crippen LogP contribution in [0.2, 0.25) is 0 Å². The first-order chi connectivity index (χ1) is 5.23. The summed E-state index contributed by atoms with van der Waals surface area (Å²) < 4.78 is 0. The highest BCUT2D eigenvalue weighted by atomic mass is 79.9. The third-order valence-corrected chi connectivity index (χ3v) is 3.32. The number of carbonyl (C=O) groups is 1. The molecule has 0 aromatic rings. The molecule has 0 aromatic heterocycles. The number of nitrogens with one attached hydrogen (secondary N) is 1. The summed E-state index contributed by atoms with van der Waals surface area (Å²) in [6.45, 7) is 3.23. The Morgan fingerprint density at radius 2 is 1.58 bits per heavy atom. The summed E-state index contributed by atoms with van der Waals surface area (Å²) in [4.78, 5) is 12.5. The quantitative estimate of drug-likeness (QED) is 0.489. The second kappa shape index (κ2) is 3.34. The Labute approximate surface area is 82.5 Å². The van der Waals surface area contributed by atoms with E-state index in [-0.39, 0.29) is 22.4 Å². The first kappa shape index (κ1) is 9.99. The largest absolute Gasteiger partial charge is 1.00 e. The summed E-state index contributed by atoms with van der Waals surface area (Å²) in [5.41, 5.74) is -0.318. The van der Waals surface area contributed by atoms with E-state index in [1.165, 1.54) is 0 Å². The molecule has 3 nitrogen and oxygen atoms in total. The molecule has 0 atom stereocenters. The molecule has 0 amide bonds. The molecule has 0 aliphatic carbocycles. The predicted octanol–water partition coefficient (Wildman–Crippen LogP) is -3.86. The zero-order valence-electron chi connectivity index (χ0n) is 6.98. The van der Waals surface area contributed by atoms with E-state index in [4.69, 9.17) is 5.11 Å². The van der Waals surface area contributed by atoms with Crippen molar-refractivity contribution in [1.82, 2.24) is 0 Å². The highest BCUT2D eigenvalue weighted by molar-refractivity contribution is 5.74. The molecule has 3 aliphatic rings. The zero-order valence-corrected chi connectivity index (χ0v) is 8.56. The van der Waals surface area contributed by atoms with E-state index in [1.807, 2.05) is 0 Å². The number of carboxylic acid groups (broad SMARTS) is 1. The van der Waals surface area contributed by atoms with Crippen LogP contribution in [-0.4, -0.2) is 30.7 Å². The summed E-state index contributed by atoms with van der Waals surface area (Å²) in [7, 11) is 0. The van der Waals surface area contributed by atoms with E-state index in [2.05, 4.69) is 0 Å².